The van der Waals surface area contributed by atoms with E-state index in [1.165, 1.54) is 20.3 Å². The third kappa shape index (κ3) is 5.39. The van der Waals surface area contributed by atoms with E-state index >= 15 is 0 Å². The molecule has 0 heterocycles. The molecule has 29 heavy (non-hydrogen) atoms. The van der Waals surface area contributed by atoms with E-state index in [9.17, 15) is 9.90 Å². The van der Waals surface area contributed by atoms with Crippen molar-refractivity contribution in [1.29, 1.82) is 0 Å². The molecular formula is C23H32O5Si. The Hall–Kier alpha value is -2.31. The van der Waals surface area contributed by atoms with Gasteiger partial charge in [0.25, 0.3) is 0 Å². The van der Waals surface area contributed by atoms with Crippen LogP contribution in [0, 0.1) is 0 Å². The lowest BCUT2D eigenvalue weighted by Gasteiger charge is -2.39. The van der Waals surface area contributed by atoms with E-state index in [4.69, 9.17) is 13.9 Å². The molecule has 0 bridgehead atoms. The molecule has 0 saturated carbocycles. The highest BCUT2D eigenvalue weighted by molar-refractivity contribution is 6.74. The number of methoxy groups -OCH3 is 2. The van der Waals surface area contributed by atoms with E-state index in [0.29, 0.717) is 5.75 Å². The van der Waals surface area contributed by atoms with E-state index in [-0.39, 0.29) is 34.3 Å². The fourth-order valence-electron chi connectivity index (χ4n) is 2.83. The summed E-state index contributed by atoms with van der Waals surface area (Å²) >= 11 is 0. The third-order valence-corrected chi connectivity index (χ3v) is 10.1. The molecule has 0 aliphatic heterocycles. The molecule has 6 heteroatoms. The number of rotatable bonds is 8. The maximum Gasteiger partial charge on any atom is 0.192 e. The quantitative estimate of drug-likeness (QED) is 0.439. The molecule has 0 unspecified atom stereocenters. The Kier molecular flexibility index (Phi) is 7.14. The number of hydrogen-bond donors (Lipinski definition) is 1. The van der Waals surface area contributed by atoms with Gasteiger partial charge in [0.1, 0.15) is 22.8 Å². The Morgan fingerprint density at radius 1 is 1.07 bits per heavy atom. The molecule has 0 fully saturated rings. The highest BCUT2D eigenvalue weighted by atomic mass is 28.4. The predicted octanol–water partition coefficient (Wildman–Crippen LogP) is 5.75. The number of benzene rings is 2. The summed E-state index contributed by atoms with van der Waals surface area (Å²) in [5.41, 5.74) is 1.09. The first-order valence-corrected chi connectivity index (χ1v) is 12.6. The van der Waals surface area contributed by atoms with Gasteiger partial charge in [-0.1, -0.05) is 51.1 Å². The number of carbonyl (C=O) groups is 1. The van der Waals surface area contributed by atoms with Gasteiger partial charge in [-0.25, -0.2) is 0 Å². The zero-order valence-corrected chi connectivity index (χ0v) is 19.4. The van der Waals surface area contributed by atoms with Crippen molar-refractivity contribution in [3.8, 4) is 17.2 Å². The maximum absolute atomic E-state index is 13.2. The second-order valence-corrected chi connectivity index (χ2v) is 13.4. The number of ketones is 1. The molecule has 158 valence electrons. The molecule has 0 spiro atoms. The summed E-state index contributed by atoms with van der Waals surface area (Å²) in [6.45, 7) is 10.8. The van der Waals surface area contributed by atoms with E-state index in [1.54, 1.807) is 6.07 Å². The van der Waals surface area contributed by atoms with Crippen molar-refractivity contribution >= 4 is 14.1 Å². The molecule has 0 radical (unpaired) electrons. The van der Waals surface area contributed by atoms with Crippen molar-refractivity contribution in [3.05, 3.63) is 53.6 Å². The number of carbonyl (C=O) groups excluding carboxylic acids is 1. The van der Waals surface area contributed by atoms with Gasteiger partial charge >= 0.3 is 0 Å². The lowest BCUT2D eigenvalue weighted by atomic mass is 9.99. The van der Waals surface area contributed by atoms with Crippen LogP contribution in [0.3, 0.4) is 0 Å². The van der Waals surface area contributed by atoms with Crippen LogP contribution >= 0.6 is 0 Å². The Labute approximate surface area is 174 Å². The first-order chi connectivity index (χ1) is 13.5. The van der Waals surface area contributed by atoms with Crippen molar-refractivity contribution in [2.24, 2.45) is 0 Å². The Morgan fingerprint density at radius 3 is 2.21 bits per heavy atom. The van der Waals surface area contributed by atoms with Gasteiger partial charge in [0.2, 0.25) is 0 Å². The summed E-state index contributed by atoms with van der Waals surface area (Å²) < 4.78 is 17.1. The van der Waals surface area contributed by atoms with Crippen LogP contribution in [0.4, 0.5) is 0 Å². The Morgan fingerprint density at radius 2 is 1.69 bits per heavy atom. The molecule has 0 aromatic heterocycles. The normalized spacial score (nSPS) is 13.1. The molecule has 2 aromatic rings. The van der Waals surface area contributed by atoms with Crippen LogP contribution in [0.2, 0.25) is 18.1 Å². The van der Waals surface area contributed by atoms with Crippen LogP contribution in [-0.4, -0.2) is 33.4 Å². The summed E-state index contributed by atoms with van der Waals surface area (Å²) in [7, 11) is 0.824. The van der Waals surface area contributed by atoms with Crippen molar-refractivity contribution in [1.82, 2.24) is 0 Å². The zero-order valence-electron chi connectivity index (χ0n) is 18.4. The van der Waals surface area contributed by atoms with Crippen molar-refractivity contribution < 1.29 is 23.8 Å². The van der Waals surface area contributed by atoms with Crippen LogP contribution in [-0.2, 0) is 4.43 Å². The third-order valence-electron chi connectivity index (χ3n) is 5.57. The first kappa shape index (κ1) is 23.0. The molecule has 0 saturated heterocycles. The molecule has 0 amide bonds. The molecular weight excluding hydrogens is 384 g/mol. The summed E-state index contributed by atoms with van der Waals surface area (Å²) in [5, 5.41) is 10.4. The van der Waals surface area contributed by atoms with Crippen LogP contribution in [0.1, 0.15) is 49.2 Å². The molecule has 1 N–H and O–H groups in total. The van der Waals surface area contributed by atoms with Crippen LogP contribution < -0.4 is 9.47 Å². The van der Waals surface area contributed by atoms with Gasteiger partial charge in [0, 0.05) is 18.6 Å². The average molecular weight is 417 g/mol. The Bertz CT molecular complexity index is 840. The second-order valence-electron chi connectivity index (χ2n) is 8.63. The summed E-state index contributed by atoms with van der Waals surface area (Å²) in [5.74, 6) is 0.305. The lowest BCUT2D eigenvalue weighted by Crippen LogP contribution is -2.42. The molecule has 2 aromatic carbocycles. The fraction of sp³-hybridized carbons (Fsp3) is 0.435. The molecule has 0 aliphatic rings. The number of hydrogen-bond acceptors (Lipinski definition) is 5. The highest BCUT2D eigenvalue weighted by Crippen LogP contribution is 2.42. The smallest absolute Gasteiger partial charge is 0.192 e. The topological polar surface area (TPSA) is 65.0 Å². The number of phenols is 1. The van der Waals surface area contributed by atoms with Gasteiger partial charge in [0.15, 0.2) is 14.1 Å². The summed E-state index contributed by atoms with van der Waals surface area (Å²) in [6.07, 6.45) is -0.303. The van der Waals surface area contributed by atoms with Crippen LogP contribution in [0.25, 0.3) is 0 Å². The average Bonchev–Trinajstić information content (AvgIpc) is 2.66. The number of ether oxygens (including phenoxy) is 2. The van der Waals surface area contributed by atoms with Gasteiger partial charge in [0.05, 0.1) is 20.3 Å². The van der Waals surface area contributed by atoms with Gasteiger partial charge in [-0.2, -0.15) is 0 Å². The van der Waals surface area contributed by atoms with Gasteiger partial charge in [-0.15, -0.1) is 0 Å². The van der Waals surface area contributed by atoms with E-state index in [2.05, 4.69) is 33.9 Å². The molecule has 0 aliphatic carbocycles. The van der Waals surface area contributed by atoms with Crippen LogP contribution in [0.15, 0.2) is 42.5 Å². The maximum atomic E-state index is 13.2. The standard InChI is InChI=1S/C23H32O5Si/c1-23(2,3)29(6,7)28-20(16-11-9-8-10-12-16)15-19(25)22-18(24)13-17(26-4)14-21(22)27-5/h8-14,20,24H,15H2,1-7H3/t20-/m1/s1. The minimum Gasteiger partial charge on any atom is -0.507 e. The highest BCUT2D eigenvalue weighted by Gasteiger charge is 2.40. The molecule has 1 atom stereocenters. The van der Waals surface area contributed by atoms with Gasteiger partial charge in [-0.3, -0.25) is 4.79 Å². The number of phenolic OH excluding ortho intramolecular Hbond substituents is 1. The largest absolute Gasteiger partial charge is 0.507 e. The fourth-order valence-corrected chi connectivity index (χ4v) is 4.12. The van der Waals surface area contributed by atoms with E-state index in [1.807, 2.05) is 30.3 Å². The minimum atomic E-state index is -2.13. The summed E-state index contributed by atoms with van der Waals surface area (Å²) in [4.78, 5) is 13.2. The molecule has 2 rings (SSSR count). The second kappa shape index (κ2) is 9.01. The van der Waals surface area contributed by atoms with E-state index in [0.717, 1.165) is 5.56 Å². The minimum absolute atomic E-state index is 0.00300. The van der Waals surface area contributed by atoms with Gasteiger partial charge in [-0.05, 0) is 23.7 Å². The van der Waals surface area contributed by atoms with Crippen molar-refractivity contribution in [3.63, 3.8) is 0 Å². The van der Waals surface area contributed by atoms with E-state index < -0.39 is 14.4 Å². The number of aromatic hydroxyl groups is 1. The number of Topliss-reactive ketones (excluding diaryl/α,β-unsaturated/α-hetero) is 1. The van der Waals surface area contributed by atoms with Crippen molar-refractivity contribution in [2.75, 3.05) is 14.2 Å². The summed E-state index contributed by atoms with van der Waals surface area (Å²) in [6, 6.07) is 12.8. The predicted molar refractivity (Wildman–Crippen MR) is 118 cm³/mol. The Balaban J connectivity index is 2.41. The van der Waals surface area contributed by atoms with Gasteiger partial charge < -0.3 is 19.0 Å². The van der Waals surface area contributed by atoms with Crippen LogP contribution in [0.5, 0.6) is 17.2 Å². The zero-order chi connectivity index (χ0) is 21.8. The van der Waals surface area contributed by atoms with Crippen molar-refractivity contribution in [2.45, 2.75) is 51.4 Å². The monoisotopic (exact) mass is 416 g/mol. The lowest BCUT2D eigenvalue weighted by molar-refractivity contribution is 0.0886. The SMILES string of the molecule is COc1cc(O)c(C(=O)C[C@@H](O[Si](C)(C)C(C)(C)C)c2ccccc2)c(OC)c1. The first-order valence-electron chi connectivity index (χ1n) is 9.71. The molecule has 5 nitrogen and oxygen atoms in total.